The van der Waals surface area contributed by atoms with E-state index in [1.54, 1.807) is 72.8 Å². The van der Waals surface area contributed by atoms with Crippen LogP contribution in [0.4, 0.5) is 0 Å². The van der Waals surface area contributed by atoms with Crippen molar-refractivity contribution in [2.75, 3.05) is 0 Å². The van der Waals surface area contributed by atoms with Crippen LogP contribution in [-0.4, -0.2) is 15.0 Å². The molecule has 6 aromatic rings. The lowest BCUT2D eigenvalue weighted by Gasteiger charge is -2.20. The molecule has 0 spiro atoms. The first-order chi connectivity index (χ1) is 18.6. The molecule has 0 saturated heterocycles. The second-order valence-electron chi connectivity index (χ2n) is 7.82. The zero-order valence-corrected chi connectivity index (χ0v) is 20.4. The van der Waals surface area contributed by atoms with Crippen LogP contribution >= 0.6 is 7.82 Å². The fourth-order valence-corrected chi connectivity index (χ4v) is 4.83. The van der Waals surface area contributed by atoms with E-state index in [9.17, 15) is 4.57 Å². The van der Waals surface area contributed by atoms with Gasteiger partial charge in [-0.3, -0.25) is 0 Å². The van der Waals surface area contributed by atoms with Gasteiger partial charge in [-0.1, -0.05) is 18.2 Å². The Balaban J connectivity index is 1.34. The summed E-state index contributed by atoms with van der Waals surface area (Å²) < 4.78 is 47.8. The highest BCUT2D eigenvalue weighted by Crippen LogP contribution is 2.50. The Bertz CT molecular complexity index is 1480. The summed E-state index contributed by atoms with van der Waals surface area (Å²) in [6.45, 7) is 0. The summed E-state index contributed by atoms with van der Waals surface area (Å²) >= 11 is 0. The number of phosphoric acid groups is 1. The normalized spacial score (nSPS) is 11.3. The lowest BCUT2D eigenvalue weighted by Crippen LogP contribution is -2.08. The number of phosphoric ester groups is 1. The molecule has 0 atom stereocenters. The standard InChI is InChI=1S/C27H18N3O7P/c31-38(35-22-7-1-4-19(16-22)25-28-10-13-32-25,36-23-8-2-5-20(17-23)26-29-11-14-33-26)37-24-9-3-6-21(18-24)27-30-12-15-34-27/h1-18H. The van der Waals surface area contributed by atoms with Crippen molar-refractivity contribution >= 4 is 7.82 Å². The summed E-state index contributed by atoms with van der Waals surface area (Å²) in [5.41, 5.74) is 1.86. The van der Waals surface area contributed by atoms with Gasteiger partial charge in [0.25, 0.3) is 0 Å². The highest BCUT2D eigenvalue weighted by atomic mass is 31.2. The van der Waals surface area contributed by atoms with E-state index in [0.717, 1.165) is 0 Å². The molecule has 0 fully saturated rings. The van der Waals surface area contributed by atoms with E-state index < -0.39 is 7.82 Å². The molecule has 0 bridgehead atoms. The quantitative estimate of drug-likeness (QED) is 0.177. The second-order valence-corrected chi connectivity index (χ2v) is 9.26. The molecule has 0 aliphatic carbocycles. The van der Waals surface area contributed by atoms with E-state index in [-0.39, 0.29) is 17.2 Å². The molecule has 6 rings (SSSR count). The smallest absolute Gasteiger partial charge is 0.445 e. The third kappa shape index (κ3) is 5.21. The SMILES string of the molecule is O=P(Oc1cccc(-c2ncco2)c1)(Oc1cccc(-c2ncco2)c1)Oc1cccc(-c2ncco2)c1. The summed E-state index contributed by atoms with van der Waals surface area (Å²) in [6, 6.07) is 20.2. The largest absolute Gasteiger partial charge is 0.647 e. The number of nitrogens with zero attached hydrogens (tertiary/aromatic N) is 3. The van der Waals surface area contributed by atoms with Crippen molar-refractivity contribution in [3.05, 3.63) is 110 Å². The number of hydrogen-bond donors (Lipinski definition) is 0. The molecule has 10 nitrogen and oxygen atoms in total. The maximum Gasteiger partial charge on any atom is 0.647 e. The van der Waals surface area contributed by atoms with Crippen molar-refractivity contribution in [2.24, 2.45) is 0 Å². The highest BCUT2D eigenvalue weighted by molar-refractivity contribution is 7.49. The van der Waals surface area contributed by atoms with Crippen molar-refractivity contribution in [2.45, 2.75) is 0 Å². The van der Waals surface area contributed by atoms with Crippen LogP contribution in [0, 0.1) is 0 Å². The van der Waals surface area contributed by atoms with Crippen LogP contribution < -0.4 is 13.6 Å². The molecule has 3 aromatic carbocycles. The summed E-state index contributed by atoms with van der Waals surface area (Å²) in [7, 11) is -4.33. The van der Waals surface area contributed by atoms with Gasteiger partial charge >= 0.3 is 7.82 Å². The van der Waals surface area contributed by atoms with Crippen LogP contribution in [-0.2, 0) is 4.57 Å². The van der Waals surface area contributed by atoms with Gasteiger partial charge in [-0.2, -0.15) is 4.57 Å². The first-order valence-corrected chi connectivity index (χ1v) is 12.8. The first kappa shape index (κ1) is 23.3. The molecule has 188 valence electrons. The fourth-order valence-electron chi connectivity index (χ4n) is 3.60. The number of rotatable bonds is 9. The predicted molar refractivity (Wildman–Crippen MR) is 135 cm³/mol. The maximum absolute atomic E-state index is 14.1. The molecule has 3 heterocycles. The van der Waals surface area contributed by atoms with E-state index in [4.69, 9.17) is 26.8 Å². The van der Waals surface area contributed by atoms with E-state index >= 15 is 0 Å². The van der Waals surface area contributed by atoms with Crippen LogP contribution in [0.5, 0.6) is 17.2 Å². The van der Waals surface area contributed by atoms with Crippen molar-refractivity contribution in [3.8, 4) is 51.6 Å². The van der Waals surface area contributed by atoms with Crippen LogP contribution in [0.2, 0.25) is 0 Å². The molecular formula is C27H18N3O7P. The van der Waals surface area contributed by atoms with Gasteiger partial charge < -0.3 is 26.8 Å². The third-order valence-electron chi connectivity index (χ3n) is 5.19. The van der Waals surface area contributed by atoms with E-state index in [1.165, 1.54) is 37.4 Å². The molecule has 0 aliphatic rings. The zero-order chi connectivity index (χ0) is 25.8. The Morgan fingerprint density at radius 2 is 0.868 bits per heavy atom. The number of aromatic nitrogens is 3. The molecule has 0 unspecified atom stereocenters. The van der Waals surface area contributed by atoms with Gasteiger partial charge in [0.15, 0.2) is 0 Å². The molecule has 3 aromatic heterocycles. The Morgan fingerprint density at radius 1 is 0.526 bits per heavy atom. The van der Waals surface area contributed by atoms with Gasteiger partial charge in [-0.15, -0.1) is 0 Å². The lowest BCUT2D eigenvalue weighted by molar-refractivity contribution is 0.298. The van der Waals surface area contributed by atoms with E-state index in [0.29, 0.717) is 34.4 Å². The Morgan fingerprint density at radius 3 is 1.16 bits per heavy atom. The van der Waals surface area contributed by atoms with Crippen molar-refractivity contribution in [1.29, 1.82) is 0 Å². The molecule has 0 N–H and O–H groups in total. The second kappa shape index (κ2) is 10.1. The van der Waals surface area contributed by atoms with E-state index in [2.05, 4.69) is 15.0 Å². The number of oxazole rings is 3. The Kier molecular flexibility index (Phi) is 6.21. The molecule has 0 saturated carbocycles. The zero-order valence-electron chi connectivity index (χ0n) is 19.5. The first-order valence-electron chi connectivity index (χ1n) is 11.3. The van der Waals surface area contributed by atoms with Crippen LogP contribution in [0.3, 0.4) is 0 Å². The van der Waals surface area contributed by atoms with Gasteiger partial charge in [0, 0.05) is 16.7 Å². The van der Waals surface area contributed by atoms with Crippen LogP contribution in [0.15, 0.2) is 123 Å². The monoisotopic (exact) mass is 527 g/mol. The molecule has 0 aliphatic heterocycles. The molecular weight excluding hydrogens is 509 g/mol. The Hall–Kier alpha value is -5.08. The van der Waals surface area contributed by atoms with Crippen LogP contribution in [0.25, 0.3) is 34.4 Å². The molecule has 11 heteroatoms. The number of hydrogen-bond acceptors (Lipinski definition) is 10. The summed E-state index contributed by atoms with van der Waals surface area (Å²) in [6.07, 6.45) is 8.97. The van der Waals surface area contributed by atoms with Crippen molar-refractivity contribution in [3.63, 3.8) is 0 Å². The predicted octanol–water partition coefficient (Wildman–Crippen LogP) is 7.30. The van der Waals surface area contributed by atoms with Gasteiger partial charge in [0.05, 0.1) is 18.6 Å². The van der Waals surface area contributed by atoms with Gasteiger partial charge in [0.1, 0.15) is 36.0 Å². The van der Waals surface area contributed by atoms with Crippen LogP contribution in [0.1, 0.15) is 0 Å². The molecule has 0 radical (unpaired) electrons. The average molecular weight is 527 g/mol. The summed E-state index contributed by atoms with van der Waals surface area (Å²) in [5, 5.41) is 0. The highest BCUT2D eigenvalue weighted by Gasteiger charge is 2.34. The summed E-state index contributed by atoms with van der Waals surface area (Å²) in [5.74, 6) is 1.79. The molecule has 38 heavy (non-hydrogen) atoms. The summed E-state index contributed by atoms with van der Waals surface area (Å²) in [4.78, 5) is 12.4. The minimum Gasteiger partial charge on any atom is -0.445 e. The molecule has 0 amide bonds. The van der Waals surface area contributed by atoms with Gasteiger partial charge in [0.2, 0.25) is 17.7 Å². The van der Waals surface area contributed by atoms with Gasteiger partial charge in [-0.05, 0) is 54.6 Å². The average Bonchev–Trinajstić information content (AvgIpc) is 3.73. The van der Waals surface area contributed by atoms with Gasteiger partial charge in [-0.25, -0.2) is 15.0 Å². The Labute approximate surface area is 216 Å². The topological polar surface area (TPSA) is 123 Å². The van der Waals surface area contributed by atoms with E-state index in [1.807, 2.05) is 0 Å². The van der Waals surface area contributed by atoms with Crippen molar-refractivity contribution < 1.29 is 31.4 Å². The fraction of sp³-hybridized carbons (Fsp3) is 0. The lowest BCUT2D eigenvalue weighted by atomic mass is 10.2. The van der Waals surface area contributed by atoms with Crippen molar-refractivity contribution in [1.82, 2.24) is 15.0 Å². The number of benzene rings is 3. The minimum absolute atomic E-state index is 0.219. The maximum atomic E-state index is 14.1. The minimum atomic E-state index is -4.33. The third-order valence-corrected chi connectivity index (χ3v) is 6.49.